The molecule has 0 saturated heterocycles. The van der Waals surface area contributed by atoms with Gasteiger partial charge in [0.15, 0.2) is 0 Å². The average molecular weight is 252 g/mol. The number of nitrogens with zero attached hydrogens (tertiary/aromatic N) is 1. The quantitative estimate of drug-likeness (QED) is 0.657. The van der Waals surface area contributed by atoms with Gasteiger partial charge in [0, 0.05) is 6.54 Å². The predicted molar refractivity (Wildman–Crippen MR) is 62.2 cm³/mol. The number of carbonyl (C=O) groups excluding carboxylic acids is 1. The van der Waals surface area contributed by atoms with E-state index in [9.17, 15) is 13.6 Å². The van der Waals surface area contributed by atoms with Crippen molar-refractivity contribution in [3.05, 3.63) is 0 Å². The fourth-order valence-electron chi connectivity index (χ4n) is 1.66. The van der Waals surface area contributed by atoms with Crippen molar-refractivity contribution < 1.29 is 18.3 Å². The normalized spacial score (nSPS) is 15.1. The van der Waals surface area contributed by atoms with E-state index in [1.165, 1.54) is 12.0 Å². The summed E-state index contributed by atoms with van der Waals surface area (Å²) >= 11 is 0. The molecular formula is C11H22F2N2O2. The highest BCUT2D eigenvalue weighted by molar-refractivity contribution is 5.80. The second kappa shape index (κ2) is 7.55. The van der Waals surface area contributed by atoms with Crippen molar-refractivity contribution in [3.63, 3.8) is 0 Å². The van der Waals surface area contributed by atoms with Gasteiger partial charge < -0.3 is 10.1 Å². The molecule has 0 fully saturated rings. The van der Waals surface area contributed by atoms with Gasteiger partial charge in [-0.05, 0) is 26.9 Å². The molecule has 6 heteroatoms. The summed E-state index contributed by atoms with van der Waals surface area (Å²) in [6.45, 7) is 4.09. The van der Waals surface area contributed by atoms with Crippen molar-refractivity contribution in [2.75, 3.05) is 33.8 Å². The van der Waals surface area contributed by atoms with E-state index in [4.69, 9.17) is 4.74 Å². The van der Waals surface area contributed by atoms with Gasteiger partial charge >= 0.3 is 5.97 Å². The van der Waals surface area contributed by atoms with Gasteiger partial charge in [-0.15, -0.1) is 0 Å². The molecule has 1 unspecified atom stereocenters. The van der Waals surface area contributed by atoms with E-state index in [0.29, 0.717) is 6.54 Å². The highest BCUT2D eigenvalue weighted by atomic mass is 19.3. The molecule has 102 valence electrons. The summed E-state index contributed by atoms with van der Waals surface area (Å²) in [5.74, 6) is -0.438. The van der Waals surface area contributed by atoms with Gasteiger partial charge in [-0.2, -0.15) is 0 Å². The molecule has 0 amide bonds. The molecule has 0 aliphatic rings. The van der Waals surface area contributed by atoms with Gasteiger partial charge in [0.1, 0.15) is 5.54 Å². The lowest BCUT2D eigenvalue weighted by molar-refractivity contribution is -0.148. The largest absolute Gasteiger partial charge is 0.468 e. The second-order valence-electron chi connectivity index (χ2n) is 4.34. The number of likely N-dealkylation sites (N-methyl/N-ethyl adjacent to an activating group) is 1. The molecule has 17 heavy (non-hydrogen) atoms. The highest BCUT2D eigenvalue weighted by Crippen LogP contribution is 2.10. The van der Waals surface area contributed by atoms with Crippen LogP contribution >= 0.6 is 0 Å². The van der Waals surface area contributed by atoms with E-state index in [2.05, 4.69) is 5.32 Å². The average Bonchev–Trinajstić information content (AvgIpc) is 2.23. The molecule has 0 saturated carbocycles. The summed E-state index contributed by atoms with van der Waals surface area (Å²) in [7, 11) is 2.85. The topological polar surface area (TPSA) is 41.6 Å². The lowest BCUT2D eigenvalue weighted by atomic mass is 10.0. The SMILES string of the molecule is CCCNC(C)(CN(C)CC(F)F)C(=O)OC. The number of hydrogen-bond acceptors (Lipinski definition) is 4. The van der Waals surface area contributed by atoms with E-state index in [-0.39, 0.29) is 13.1 Å². The van der Waals surface area contributed by atoms with Crippen LogP contribution in [0.25, 0.3) is 0 Å². The maximum absolute atomic E-state index is 12.2. The van der Waals surface area contributed by atoms with Crippen molar-refractivity contribution in [2.24, 2.45) is 0 Å². The van der Waals surface area contributed by atoms with Crippen LogP contribution < -0.4 is 5.32 Å². The van der Waals surface area contributed by atoms with Crippen LogP contribution in [0.15, 0.2) is 0 Å². The van der Waals surface area contributed by atoms with Crippen LogP contribution in [0.5, 0.6) is 0 Å². The van der Waals surface area contributed by atoms with Gasteiger partial charge in [-0.1, -0.05) is 6.92 Å². The minimum atomic E-state index is -2.41. The summed E-state index contributed by atoms with van der Waals surface area (Å²) < 4.78 is 29.1. The van der Waals surface area contributed by atoms with Gasteiger partial charge in [0.2, 0.25) is 0 Å². The molecule has 0 bridgehead atoms. The number of halogens is 2. The Labute approximate surface area is 101 Å². The smallest absolute Gasteiger partial charge is 0.327 e. The molecule has 0 aromatic carbocycles. The molecule has 0 spiro atoms. The predicted octanol–water partition coefficient (Wildman–Crippen LogP) is 1.11. The summed E-state index contributed by atoms with van der Waals surface area (Å²) in [6.07, 6.45) is -1.56. The lowest BCUT2D eigenvalue weighted by Crippen LogP contribution is -2.57. The highest BCUT2D eigenvalue weighted by Gasteiger charge is 2.35. The Balaban J connectivity index is 4.52. The van der Waals surface area contributed by atoms with Gasteiger partial charge in [-0.3, -0.25) is 9.69 Å². The summed E-state index contributed by atoms with van der Waals surface area (Å²) in [4.78, 5) is 13.1. The van der Waals surface area contributed by atoms with E-state index < -0.39 is 17.9 Å². The van der Waals surface area contributed by atoms with Crippen molar-refractivity contribution in [1.82, 2.24) is 10.2 Å². The zero-order chi connectivity index (χ0) is 13.5. The number of esters is 1. The fourth-order valence-corrected chi connectivity index (χ4v) is 1.66. The van der Waals surface area contributed by atoms with Crippen LogP contribution in [0.1, 0.15) is 20.3 Å². The first-order chi connectivity index (χ1) is 7.85. The van der Waals surface area contributed by atoms with Crippen LogP contribution in [-0.2, 0) is 9.53 Å². The van der Waals surface area contributed by atoms with E-state index >= 15 is 0 Å². The van der Waals surface area contributed by atoms with Gasteiger partial charge in [0.05, 0.1) is 13.7 Å². The first-order valence-electron chi connectivity index (χ1n) is 5.66. The van der Waals surface area contributed by atoms with Gasteiger partial charge in [-0.25, -0.2) is 8.78 Å². The van der Waals surface area contributed by atoms with Crippen LogP contribution in [0.4, 0.5) is 8.78 Å². The molecule has 4 nitrogen and oxygen atoms in total. The Morgan fingerprint density at radius 1 is 1.53 bits per heavy atom. The van der Waals surface area contributed by atoms with Crippen molar-refractivity contribution >= 4 is 5.97 Å². The monoisotopic (exact) mass is 252 g/mol. The molecule has 0 aromatic rings. The molecule has 1 N–H and O–H groups in total. The van der Waals surface area contributed by atoms with Gasteiger partial charge in [0.25, 0.3) is 6.43 Å². The Morgan fingerprint density at radius 2 is 2.12 bits per heavy atom. The maximum atomic E-state index is 12.2. The van der Waals surface area contributed by atoms with Crippen LogP contribution in [-0.4, -0.2) is 56.6 Å². The number of nitrogens with one attached hydrogen (secondary N) is 1. The van der Waals surface area contributed by atoms with E-state index in [1.54, 1.807) is 14.0 Å². The Bertz CT molecular complexity index is 240. The van der Waals surface area contributed by atoms with Crippen LogP contribution in [0.2, 0.25) is 0 Å². The zero-order valence-electron chi connectivity index (χ0n) is 10.9. The molecular weight excluding hydrogens is 230 g/mol. The number of ether oxygens (including phenoxy) is 1. The molecule has 1 atom stereocenters. The Morgan fingerprint density at radius 3 is 2.53 bits per heavy atom. The Hall–Kier alpha value is -0.750. The standard InChI is InChI=1S/C11H22F2N2O2/c1-5-6-14-11(2,10(16)17-4)8-15(3)7-9(12)13/h9,14H,5-8H2,1-4H3. The third kappa shape index (κ3) is 5.93. The minimum Gasteiger partial charge on any atom is -0.468 e. The lowest BCUT2D eigenvalue weighted by Gasteiger charge is -2.32. The number of alkyl halides is 2. The number of carbonyl (C=O) groups is 1. The number of rotatable bonds is 8. The molecule has 0 aromatic heterocycles. The Kier molecular flexibility index (Phi) is 7.22. The maximum Gasteiger partial charge on any atom is 0.327 e. The third-order valence-corrected chi connectivity index (χ3v) is 2.44. The van der Waals surface area contributed by atoms with Crippen molar-refractivity contribution in [3.8, 4) is 0 Å². The van der Waals surface area contributed by atoms with Crippen LogP contribution in [0, 0.1) is 0 Å². The number of methoxy groups -OCH3 is 1. The zero-order valence-corrected chi connectivity index (χ0v) is 10.9. The molecule has 0 heterocycles. The van der Waals surface area contributed by atoms with E-state index in [0.717, 1.165) is 6.42 Å². The van der Waals surface area contributed by atoms with Crippen LogP contribution in [0.3, 0.4) is 0 Å². The minimum absolute atomic E-state index is 0.185. The van der Waals surface area contributed by atoms with E-state index in [1.807, 2.05) is 6.92 Å². The molecule has 0 aliphatic carbocycles. The molecule has 0 radical (unpaired) electrons. The summed E-state index contributed by atoms with van der Waals surface area (Å²) in [6, 6.07) is 0. The van der Waals surface area contributed by atoms with Crippen molar-refractivity contribution in [1.29, 1.82) is 0 Å². The fraction of sp³-hybridized carbons (Fsp3) is 0.909. The molecule has 0 rings (SSSR count). The third-order valence-electron chi connectivity index (χ3n) is 2.44. The van der Waals surface area contributed by atoms with Crippen molar-refractivity contribution in [2.45, 2.75) is 32.2 Å². The molecule has 0 aliphatic heterocycles. The summed E-state index contributed by atoms with van der Waals surface area (Å²) in [5, 5.41) is 3.04. The second-order valence-corrected chi connectivity index (χ2v) is 4.34. The first-order valence-corrected chi connectivity index (χ1v) is 5.66. The summed E-state index contributed by atoms with van der Waals surface area (Å²) in [5.41, 5.74) is -0.950. The number of hydrogen-bond donors (Lipinski definition) is 1. The first kappa shape index (κ1) is 16.2.